The topological polar surface area (TPSA) is 64.1 Å². The van der Waals surface area contributed by atoms with Gasteiger partial charge in [-0.2, -0.15) is 0 Å². The Hall–Kier alpha value is -2.08. The standard InChI is InChI=1S/C20H29N3O3/c1-16-5-2-3-9-21(16)10-8-19(25)22-11-13-23(14-12-22)20(26)17-6-4-7-18(24)15-17/h4,6-7,15-16,24H,2-3,5,8-14H2,1H3/t16-/m0/s1. The van der Waals surface area contributed by atoms with Crippen LogP contribution >= 0.6 is 0 Å². The molecule has 1 atom stereocenters. The van der Waals surface area contributed by atoms with Gasteiger partial charge in [0.25, 0.3) is 5.91 Å². The molecule has 2 aliphatic heterocycles. The summed E-state index contributed by atoms with van der Waals surface area (Å²) in [6, 6.07) is 6.99. The number of carbonyl (C=O) groups is 2. The van der Waals surface area contributed by atoms with Crippen LogP contribution in [0.2, 0.25) is 0 Å². The summed E-state index contributed by atoms with van der Waals surface area (Å²) in [5, 5.41) is 9.53. The highest BCUT2D eigenvalue weighted by molar-refractivity contribution is 5.94. The van der Waals surface area contributed by atoms with Crippen LogP contribution < -0.4 is 0 Å². The Kier molecular flexibility index (Phi) is 6.14. The molecule has 0 spiro atoms. The highest BCUT2D eigenvalue weighted by Crippen LogP contribution is 2.17. The molecule has 142 valence electrons. The van der Waals surface area contributed by atoms with Crippen molar-refractivity contribution in [1.82, 2.24) is 14.7 Å². The van der Waals surface area contributed by atoms with E-state index in [0.717, 1.165) is 13.1 Å². The summed E-state index contributed by atoms with van der Waals surface area (Å²) >= 11 is 0. The molecular weight excluding hydrogens is 330 g/mol. The van der Waals surface area contributed by atoms with Gasteiger partial charge < -0.3 is 19.8 Å². The predicted octanol–water partition coefficient (Wildman–Crippen LogP) is 1.94. The van der Waals surface area contributed by atoms with Gasteiger partial charge >= 0.3 is 0 Å². The lowest BCUT2D eigenvalue weighted by Gasteiger charge is -2.36. The van der Waals surface area contributed by atoms with E-state index >= 15 is 0 Å². The third-order valence-electron chi connectivity index (χ3n) is 5.57. The van der Waals surface area contributed by atoms with Gasteiger partial charge in [0, 0.05) is 50.7 Å². The lowest BCUT2D eigenvalue weighted by Crippen LogP contribution is -2.51. The number of carbonyl (C=O) groups excluding carboxylic acids is 2. The number of aromatic hydroxyl groups is 1. The second-order valence-electron chi connectivity index (χ2n) is 7.35. The normalized spacial score (nSPS) is 21.7. The molecule has 1 aromatic carbocycles. The molecule has 1 N–H and O–H groups in total. The summed E-state index contributed by atoms with van der Waals surface area (Å²) in [5.41, 5.74) is 0.490. The first-order chi connectivity index (χ1) is 12.5. The van der Waals surface area contributed by atoms with Crippen LogP contribution in [0.25, 0.3) is 0 Å². The molecule has 2 amide bonds. The minimum atomic E-state index is -0.0878. The fourth-order valence-electron chi connectivity index (χ4n) is 3.87. The highest BCUT2D eigenvalue weighted by Gasteiger charge is 2.26. The number of likely N-dealkylation sites (tertiary alicyclic amines) is 1. The molecule has 6 nitrogen and oxygen atoms in total. The zero-order chi connectivity index (χ0) is 18.5. The third kappa shape index (κ3) is 4.55. The second-order valence-corrected chi connectivity index (χ2v) is 7.35. The molecule has 0 unspecified atom stereocenters. The monoisotopic (exact) mass is 359 g/mol. The highest BCUT2D eigenvalue weighted by atomic mass is 16.3. The third-order valence-corrected chi connectivity index (χ3v) is 5.57. The molecule has 0 aliphatic carbocycles. The van der Waals surface area contributed by atoms with Gasteiger partial charge in [-0.1, -0.05) is 12.5 Å². The molecule has 2 saturated heterocycles. The molecule has 2 aliphatic rings. The van der Waals surface area contributed by atoms with Crippen molar-refractivity contribution in [2.75, 3.05) is 39.3 Å². The Morgan fingerprint density at radius 2 is 1.81 bits per heavy atom. The number of amides is 2. The smallest absolute Gasteiger partial charge is 0.254 e. The number of hydrogen-bond donors (Lipinski definition) is 1. The minimum Gasteiger partial charge on any atom is -0.508 e. The van der Waals surface area contributed by atoms with Gasteiger partial charge in [0.1, 0.15) is 5.75 Å². The van der Waals surface area contributed by atoms with Gasteiger partial charge in [-0.25, -0.2) is 0 Å². The van der Waals surface area contributed by atoms with E-state index in [-0.39, 0.29) is 17.6 Å². The van der Waals surface area contributed by atoms with Crippen LogP contribution in [-0.4, -0.2) is 76.9 Å². The van der Waals surface area contributed by atoms with Crippen molar-refractivity contribution >= 4 is 11.8 Å². The van der Waals surface area contributed by atoms with E-state index in [1.54, 1.807) is 23.1 Å². The zero-order valence-electron chi connectivity index (χ0n) is 15.6. The summed E-state index contributed by atoms with van der Waals surface area (Å²) in [5.74, 6) is 0.193. The first-order valence-electron chi connectivity index (χ1n) is 9.65. The summed E-state index contributed by atoms with van der Waals surface area (Å²) in [7, 11) is 0. The van der Waals surface area contributed by atoms with E-state index in [4.69, 9.17) is 0 Å². The Morgan fingerprint density at radius 3 is 2.50 bits per heavy atom. The van der Waals surface area contributed by atoms with Crippen molar-refractivity contribution in [2.24, 2.45) is 0 Å². The number of phenolic OH excluding ortho intramolecular Hbond substituents is 1. The van der Waals surface area contributed by atoms with Crippen LogP contribution in [0.4, 0.5) is 0 Å². The lowest BCUT2D eigenvalue weighted by atomic mass is 10.0. The summed E-state index contributed by atoms with van der Waals surface area (Å²) in [6.07, 6.45) is 4.31. The zero-order valence-corrected chi connectivity index (χ0v) is 15.6. The maximum Gasteiger partial charge on any atom is 0.254 e. The van der Waals surface area contributed by atoms with E-state index in [2.05, 4.69) is 11.8 Å². The Balaban J connectivity index is 1.45. The van der Waals surface area contributed by atoms with E-state index in [1.807, 2.05) is 4.90 Å². The van der Waals surface area contributed by atoms with Gasteiger partial charge in [-0.3, -0.25) is 9.59 Å². The van der Waals surface area contributed by atoms with Crippen molar-refractivity contribution in [3.05, 3.63) is 29.8 Å². The minimum absolute atomic E-state index is 0.0878. The van der Waals surface area contributed by atoms with Crippen LogP contribution in [0.1, 0.15) is 43.0 Å². The molecule has 2 fully saturated rings. The molecule has 0 saturated carbocycles. The predicted molar refractivity (Wildman–Crippen MR) is 100 cm³/mol. The number of piperidine rings is 1. The van der Waals surface area contributed by atoms with Gasteiger partial charge in [-0.05, 0) is 44.5 Å². The SMILES string of the molecule is C[C@H]1CCCCN1CCC(=O)N1CCN(C(=O)c2cccc(O)c2)CC1. The number of nitrogens with zero attached hydrogens (tertiary/aromatic N) is 3. The number of benzene rings is 1. The molecule has 6 heteroatoms. The van der Waals surface area contributed by atoms with Crippen LogP contribution in [0.15, 0.2) is 24.3 Å². The Morgan fingerprint density at radius 1 is 1.08 bits per heavy atom. The quantitative estimate of drug-likeness (QED) is 0.892. The number of phenols is 1. The first-order valence-corrected chi connectivity index (χ1v) is 9.65. The van der Waals surface area contributed by atoms with Crippen LogP contribution in [-0.2, 0) is 4.79 Å². The van der Waals surface area contributed by atoms with Crippen molar-refractivity contribution in [3.63, 3.8) is 0 Å². The van der Waals surface area contributed by atoms with Gasteiger partial charge in [-0.15, -0.1) is 0 Å². The van der Waals surface area contributed by atoms with E-state index in [1.165, 1.54) is 25.3 Å². The van der Waals surface area contributed by atoms with E-state index < -0.39 is 0 Å². The number of rotatable bonds is 4. The fourth-order valence-corrected chi connectivity index (χ4v) is 3.87. The van der Waals surface area contributed by atoms with Gasteiger partial charge in [0.2, 0.25) is 5.91 Å². The van der Waals surface area contributed by atoms with Crippen molar-refractivity contribution in [1.29, 1.82) is 0 Å². The van der Waals surface area contributed by atoms with Gasteiger partial charge in [0.05, 0.1) is 0 Å². The largest absolute Gasteiger partial charge is 0.508 e. The fraction of sp³-hybridized carbons (Fsp3) is 0.600. The van der Waals surface area contributed by atoms with Crippen LogP contribution in [0.3, 0.4) is 0 Å². The molecule has 0 bridgehead atoms. The molecule has 0 aromatic heterocycles. The van der Waals surface area contributed by atoms with Crippen molar-refractivity contribution < 1.29 is 14.7 Å². The molecule has 3 rings (SSSR count). The van der Waals surface area contributed by atoms with Crippen molar-refractivity contribution in [3.8, 4) is 5.75 Å². The molecule has 26 heavy (non-hydrogen) atoms. The number of hydrogen-bond acceptors (Lipinski definition) is 4. The Bertz CT molecular complexity index is 641. The average Bonchev–Trinajstić information content (AvgIpc) is 2.66. The molecule has 0 radical (unpaired) electrons. The van der Waals surface area contributed by atoms with E-state index in [0.29, 0.717) is 44.2 Å². The lowest BCUT2D eigenvalue weighted by molar-refractivity contribution is -0.133. The second kappa shape index (κ2) is 8.54. The van der Waals surface area contributed by atoms with Gasteiger partial charge in [0.15, 0.2) is 0 Å². The number of piperazine rings is 1. The average molecular weight is 359 g/mol. The molecule has 1 aromatic rings. The maximum atomic E-state index is 12.5. The summed E-state index contributed by atoms with van der Waals surface area (Å²) in [6.45, 7) is 6.43. The molecular formula is C20H29N3O3. The maximum absolute atomic E-state index is 12.5. The first kappa shape index (κ1) is 18.7. The van der Waals surface area contributed by atoms with Crippen LogP contribution in [0, 0.1) is 0 Å². The van der Waals surface area contributed by atoms with E-state index in [9.17, 15) is 14.7 Å². The van der Waals surface area contributed by atoms with Crippen molar-refractivity contribution in [2.45, 2.75) is 38.6 Å². The molecule has 2 heterocycles. The Labute approximate surface area is 155 Å². The summed E-state index contributed by atoms with van der Waals surface area (Å²) < 4.78 is 0. The van der Waals surface area contributed by atoms with Crippen LogP contribution in [0.5, 0.6) is 5.75 Å². The summed E-state index contributed by atoms with van der Waals surface area (Å²) in [4.78, 5) is 31.1.